The third kappa shape index (κ3) is 3.22. The quantitative estimate of drug-likeness (QED) is 0.814. The van der Waals surface area contributed by atoms with Gasteiger partial charge in [0.2, 0.25) is 5.91 Å². The largest absolute Gasteiger partial charge is 0.338 e. The van der Waals surface area contributed by atoms with Gasteiger partial charge in [0, 0.05) is 24.9 Å². The van der Waals surface area contributed by atoms with Gasteiger partial charge in [-0.2, -0.15) is 0 Å². The van der Waals surface area contributed by atoms with Gasteiger partial charge in [0.15, 0.2) is 0 Å². The minimum Gasteiger partial charge on any atom is -0.338 e. The number of carbonyl (C=O) groups excluding carboxylic acids is 1. The molecule has 1 aliphatic rings. The topological polar surface area (TPSA) is 20.3 Å². The fourth-order valence-corrected chi connectivity index (χ4v) is 3.44. The normalized spacial score (nSPS) is 21.3. The Morgan fingerprint density at radius 3 is 2.14 bits per heavy atom. The van der Waals surface area contributed by atoms with Crippen LogP contribution in [0.5, 0.6) is 0 Å². The zero-order valence-corrected chi connectivity index (χ0v) is 13.2. The van der Waals surface area contributed by atoms with Crippen molar-refractivity contribution in [3.05, 3.63) is 71.8 Å². The van der Waals surface area contributed by atoms with E-state index in [0.29, 0.717) is 12.3 Å². The number of likely N-dealkylation sites (tertiary alicyclic amines) is 1. The van der Waals surface area contributed by atoms with E-state index in [-0.39, 0.29) is 5.41 Å². The standard InChI is InChI=1S/C20H23NO/c1-2-20(13-17-9-5-3-6-10-17)14-19(22)21(16-20)15-18-11-7-4-8-12-18/h3-12H,2,13-16H2,1H3. The molecule has 3 rings (SSSR count). The highest BCUT2D eigenvalue weighted by Gasteiger charge is 2.41. The zero-order valence-electron chi connectivity index (χ0n) is 13.2. The molecule has 1 fully saturated rings. The number of rotatable bonds is 5. The van der Waals surface area contributed by atoms with Crippen molar-refractivity contribution in [2.24, 2.45) is 5.41 Å². The van der Waals surface area contributed by atoms with Crippen LogP contribution >= 0.6 is 0 Å². The second-order valence-electron chi connectivity index (χ2n) is 6.43. The van der Waals surface area contributed by atoms with Crippen LogP contribution < -0.4 is 0 Å². The van der Waals surface area contributed by atoms with E-state index in [1.54, 1.807) is 0 Å². The predicted molar refractivity (Wildman–Crippen MR) is 89.3 cm³/mol. The lowest BCUT2D eigenvalue weighted by Crippen LogP contribution is -2.29. The summed E-state index contributed by atoms with van der Waals surface area (Å²) in [5, 5.41) is 0. The molecule has 1 heterocycles. The predicted octanol–water partition coefficient (Wildman–Crippen LogP) is 4.06. The number of nitrogens with zero attached hydrogens (tertiary/aromatic N) is 1. The lowest BCUT2D eigenvalue weighted by molar-refractivity contribution is -0.128. The smallest absolute Gasteiger partial charge is 0.223 e. The molecule has 1 amide bonds. The Morgan fingerprint density at radius 1 is 0.955 bits per heavy atom. The summed E-state index contributed by atoms with van der Waals surface area (Å²) in [7, 11) is 0. The van der Waals surface area contributed by atoms with E-state index in [9.17, 15) is 4.79 Å². The van der Waals surface area contributed by atoms with Crippen LogP contribution in [0, 0.1) is 5.41 Å². The van der Waals surface area contributed by atoms with Crippen molar-refractivity contribution < 1.29 is 4.79 Å². The first-order valence-electron chi connectivity index (χ1n) is 8.06. The molecule has 2 aromatic rings. The maximum Gasteiger partial charge on any atom is 0.223 e. The van der Waals surface area contributed by atoms with Gasteiger partial charge in [0.05, 0.1) is 0 Å². The van der Waals surface area contributed by atoms with Crippen LogP contribution in [0.3, 0.4) is 0 Å². The van der Waals surface area contributed by atoms with Crippen LogP contribution in [0.4, 0.5) is 0 Å². The highest BCUT2D eigenvalue weighted by molar-refractivity contribution is 5.79. The van der Waals surface area contributed by atoms with E-state index in [1.165, 1.54) is 11.1 Å². The number of hydrogen-bond donors (Lipinski definition) is 0. The van der Waals surface area contributed by atoms with Gasteiger partial charge in [-0.25, -0.2) is 0 Å². The monoisotopic (exact) mass is 293 g/mol. The second-order valence-corrected chi connectivity index (χ2v) is 6.43. The number of hydrogen-bond acceptors (Lipinski definition) is 1. The SMILES string of the molecule is CCC1(Cc2ccccc2)CC(=O)N(Cc2ccccc2)C1. The molecule has 0 N–H and O–H groups in total. The van der Waals surface area contributed by atoms with Gasteiger partial charge in [-0.15, -0.1) is 0 Å². The molecule has 114 valence electrons. The Kier molecular flexibility index (Phi) is 4.28. The lowest BCUT2D eigenvalue weighted by atomic mass is 9.78. The van der Waals surface area contributed by atoms with E-state index >= 15 is 0 Å². The molecule has 1 unspecified atom stereocenters. The van der Waals surface area contributed by atoms with Crippen molar-refractivity contribution in [2.75, 3.05) is 6.54 Å². The van der Waals surface area contributed by atoms with Gasteiger partial charge in [0.25, 0.3) is 0 Å². The van der Waals surface area contributed by atoms with Crippen molar-refractivity contribution >= 4 is 5.91 Å². The molecule has 1 atom stereocenters. The molecular weight excluding hydrogens is 270 g/mol. The molecule has 22 heavy (non-hydrogen) atoms. The van der Waals surface area contributed by atoms with Crippen molar-refractivity contribution in [2.45, 2.75) is 32.7 Å². The molecule has 0 radical (unpaired) electrons. The molecule has 0 bridgehead atoms. The van der Waals surface area contributed by atoms with E-state index in [2.05, 4.69) is 43.3 Å². The first-order valence-corrected chi connectivity index (χ1v) is 8.06. The van der Waals surface area contributed by atoms with Crippen LogP contribution in [0.1, 0.15) is 30.9 Å². The summed E-state index contributed by atoms with van der Waals surface area (Å²) in [6.07, 6.45) is 2.70. The third-order valence-electron chi connectivity index (χ3n) is 4.79. The van der Waals surface area contributed by atoms with Crippen LogP contribution in [-0.4, -0.2) is 17.4 Å². The minimum absolute atomic E-state index is 0.0905. The summed E-state index contributed by atoms with van der Waals surface area (Å²) in [5.41, 5.74) is 2.63. The molecule has 0 aromatic heterocycles. The summed E-state index contributed by atoms with van der Waals surface area (Å²) < 4.78 is 0. The lowest BCUT2D eigenvalue weighted by Gasteiger charge is -2.27. The average Bonchev–Trinajstić information content (AvgIpc) is 2.86. The fourth-order valence-electron chi connectivity index (χ4n) is 3.44. The highest BCUT2D eigenvalue weighted by Crippen LogP contribution is 2.38. The Bertz CT molecular complexity index is 623. The minimum atomic E-state index is 0.0905. The molecule has 1 aliphatic heterocycles. The van der Waals surface area contributed by atoms with Crippen molar-refractivity contribution in [3.8, 4) is 0 Å². The Morgan fingerprint density at radius 2 is 1.55 bits per heavy atom. The Labute approximate surface area is 132 Å². The van der Waals surface area contributed by atoms with Gasteiger partial charge in [0.1, 0.15) is 0 Å². The molecule has 0 spiro atoms. The molecular formula is C20H23NO. The van der Waals surface area contributed by atoms with E-state index in [1.807, 2.05) is 29.2 Å². The van der Waals surface area contributed by atoms with E-state index in [0.717, 1.165) is 25.9 Å². The Balaban J connectivity index is 1.73. The number of benzene rings is 2. The highest BCUT2D eigenvalue weighted by atomic mass is 16.2. The van der Waals surface area contributed by atoms with Gasteiger partial charge in [-0.05, 0) is 24.0 Å². The summed E-state index contributed by atoms with van der Waals surface area (Å²) in [6, 6.07) is 20.8. The van der Waals surface area contributed by atoms with Gasteiger partial charge in [-0.3, -0.25) is 4.79 Å². The average molecular weight is 293 g/mol. The molecule has 2 aromatic carbocycles. The molecule has 2 heteroatoms. The maximum atomic E-state index is 12.5. The number of amides is 1. The van der Waals surface area contributed by atoms with Crippen LogP contribution in [0.2, 0.25) is 0 Å². The van der Waals surface area contributed by atoms with Crippen molar-refractivity contribution in [1.82, 2.24) is 4.90 Å². The first kappa shape index (κ1) is 14.8. The third-order valence-corrected chi connectivity index (χ3v) is 4.79. The summed E-state index contributed by atoms with van der Waals surface area (Å²) in [4.78, 5) is 14.5. The summed E-state index contributed by atoms with van der Waals surface area (Å²) in [5.74, 6) is 0.293. The van der Waals surface area contributed by atoms with Crippen LogP contribution in [0.25, 0.3) is 0 Å². The van der Waals surface area contributed by atoms with E-state index < -0.39 is 0 Å². The molecule has 0 aliphatic carbocycles. The van der Waals surface area contributed by atoms with Gasteiger partial charge in [-0.1, -0.05) is 67.6 Å². The Hall–Kier alpha value is -2.09. The van der Waals surface area contributed by atoms with Crippen LogP contribution in [0.15, 0.2) is 60.7 Å². The molecule has 2 nitrogen and oxygen atoms in total. The second kappa shape index (κ2) is 6.35. The van der Waals surface area contributed by atoms with Crippen molar-refractivity contribution in [1.29, 1.82) is 0 Å². The molecule has 0 saturated carbocycles. The van der Waals surface area contributed by atoms with Crippen molar-refractivity contribution in [3.63, 3.8) is 0 Å². The first-order chi connectivity index (χ1) is 10.7. The summed E-state index contributed by atoms with van der Waals surface area (Å²) in [6.45, 7) is 3.81. The zero-order chi connectivity index (χ0) is 15.4. The van der Waals surface area contributed by atoms with Gasteiger partial charge < -0.3 is 4.90 Å². The molecule has 1 saturated heterocycles. The van der Waals surface area contributed by atoms with Gasteiger partial charge >= 0.3 is 0 Å². The summed E-state index contributed by atoms with van der Waals surface area (Å²) >= 11 is 0. The number of carbonyl (C=O) groups is 1. The van der Waals surface area contributed by atoms with Crippen LogP contribution in [-0.2, 0) is 17.8 Å². The maximum absolute atomic E-state index is 12.5. The van der Waals surface area contributed by atoms with E-state index in [4.69, 9.17) is 0 Å². The fraction of sp³-hybridized carbons (Fsp3) is 0.350.